The minimum absolute atomic E-state index is 0.00282. The van der Waals surface area contributed by atoms with Crippen LogP contribution in [0.25, 0.3) is 0 Å². The van der Waals surface area contributed by atoms with E-state index in [2.05, 4.69) is 4.90 Å². The van der Waals surface area contributed by atoms with E-state index < -0.39 is 5.97 Å². The average Bonchev–Trinajstić information content (AvgIpc) is 2.82. The number of nitrogens with zero attached hydrogens (tertiary/aromatic N) is 1. The van der Waals surface area contributed by atoms with E-state index in [1.165, 1.54) is 0 Å². The summed E-state index contributed by atoms with van der Waals surface area (Å²) in [6.07, 6.45) is 0.677. The van der Waals surface area contributed by atoms with Gasteiger partial charge in [0, 0.05) is 24.2 Å². The van der Waals surface area contributed by atoms with Crippen molar-refractivity contribution in [2.45, 2.75) is 12.5 Å². The number of carboxylic acids is 1. The van der Waals surface area contributed by atoms with Gasteiger partial charge in [0.25, 0.3) is 0 Å². The maximum atomic E-state index is 11.0. The maximum absolute atomic E-state index is 11.0. The van der Waals surface area contributed by atoms with E-state index in [-0.39, 0.29) is 12.0 Å². The number of benzene rings is 1. The van der Waals surface area contributed by atoms with Crippen LogP contribution in [-0.4, -0.2) is 35.6 Å². The van der Waals surface area contributed by atoms with Crippen LogP contribution >= 0.6 is 11.6 Å². The summed E-state index contributed by atoms with van der Waals surface area (Å²) in [5, 5.41) is 9.71. The molecule has 1 aliphatic rings. The Balaban J connectivity index is 2.16. The molecule has 0 spiro atoms. The molecule has 5 heteroatoms. The first-order valence-electron chi connectivity index (χ1n) is 6.05. The van der Waals surface area contributed by atoms with Crippen LogP contribution in [0.2, 0.25) is 5.02 Å². The van der Waals surface area contributed by atoms with Gasteiger partial charge in [-0.15, -0.1) is 0 Å². The molecule has 18 heavy (non-hydrogen) atoms. The molecule has 3 N–H and O–H groups in total. The summed E-state index contributed by atoms with van der Waals surface area (Å²) in [7, 11) is 0. The number of hydrogen-bond acceptors (Lipinski definition) is 3. The highest BCUT2D eigenvalue weighted by Gasteiger charge is 2.32. The van der Waals surface area contributed by atoms with Crippen molar-refractivity contribution in [3.8, 4) is 0 Å². The number of aliphatic carboxylic acids is 1. The first-order chi connectivity index (χ1) is 8.63. The van der Waals surface area contributed by atoms with Crippen LogP contribution in [0.3, 0.4) is 0 Å². The molecule has 1 aromatic rings. The van der Waals surface area contributed by atoms with E-state index in [4.69, 9.17) is 22.4 Å². The molecular formula is C13H17ClN2O2. The summed E-state index contributed by atoms with van der Waals surface area (Å²) in [5.74, 6) is -1.02. The SMILES string of the molecule is NC[C@@H](c1ccccc1Cl)N1CC[C@@H](C(=O)O)C1. The van der Waals surface area contributed by atoms with Crippen molar-refractivity contribution in [1.82, 2.24) is 4.90 Å². The molecule has 4 nitrogen and oxygen atoms in total. The van der Waals surface area contributed by atoms with E-state index >= 15 is 0 Å². The number of nitrogens with two attached hydrogens (primary N) is 1. The number of carbonyl (C=O) groups is 1. The fraction of sp³-hybridized carbons (Fsp3) is 0.462. The van der Waals surface area contributed by atoms with E-state index in [1.807, 2.05) is 24.3 Å². The molecule has 1 aromatic carbocycles. The minimum atomic E-state index is -0.729. The number of halogens is 1. The van der Waals surface area contributed by atoms with Crippen molar-refractivity contribution >= 4 is 17.6 Å². The van der Waals surface area contributed by atoms with Crippen LogP contribution in [0.5, 0.6) is 0 Å². The standard InChI is InChI=1S/C13H17ClN2O2/c14-11-4-2-1-3-10(11)12(7-15)16-6-5-9(8-16)13(17)18/h1-4,9,12H,5-8,15H2,(H,17,18)/t9-,12+/m1/s1. The van der Waals surface area contributed by atoms with Gasteiger partial charge >= 0.3 is 5.97 Å². The molecular weight excluding hydrogens is 252 g/mol. The van der Waals surface area contributed by atoms with Crippen molar-refractivity contribution in [3.63, 3.8) is 0 Å². The van der Waals surface area contributed by atoms with Gasteiger partial charge in [0.05, 0.1) is 5.92 Å². The van der Waals surface area contributed by atoms with Gasteiger partial charge in [0.2, 0.25) is 0 Å². The largest absolute Gasteiger partial charge is 0.481 e. The van der Waals surface area contributed by atoms with Gasteiger partial charge in [-0.05, 0) is 24.6 Å². The first kappa shape index (κ1) is 13.3. The highest BCUT2D eigenvalue weighted by atomic mass is 35.5. The van der Waals surface area contributed by atoms with Crippen LogP contribution < -0.4 is 5.73 Å². The summed E-state index contributed by atoms with van der Waals surface area (Å²) in [4.78, 5) is 13.1. The smallest absolute Gasteiger partial charge is 0.307 e. The third-order valence-corrected chi connectivity index (χ3v) is 3.84. The number of carboxylic acid groups (broad SMARTS) is 1. The average molecular weight is 269 g/mol. The molecule has 1 aliphatic heterocycles. The molecule has 0 unspecified atom stereocenters. The number of rotatable bonds is 4. The van der Waals surface area contributed by atoms with Gasteiger partial charge < -0.3 is 10.8 Å². The second kappa shape index (κ2) is 5.69. The third-order valence-electron chi connectivity index (χ3n) is 3.50. The Kier molecular flexibility index (Phi) is 4.22. The predicted molar refractivity (Wildman–Crippen MR) is 70.6 cm³/mol. The van der Waals surface area contributed by atoms with Crippen LogP contribution in [-0.2, 0) is 4.79 Å². The summed E-state index contributed by atoms with van der Waals surface area (Å²) in [6.45, 7) is 1.74. The fourth-order valence-corrected chi connectivity index (χ4v) is 2.75. The molecule has 0 radical (unpaired) electrons. The predicted octanol–water partition coefficient (Wildman–Crippen LogP) is 1.75. The Labute approximate surface area is 111 Å². The summed E-state index contributed by atoms with van der Waals surface area (Å²) in [5.41, 5.74) is 6.81. The Morgan fingerprint density at radius 1 is 1.56 bits per heavy atom. The van der Waals surface area contributed by atoms with Gasteiger partial charge in [-0.1, -0.05) is 29.8 Å². The van der Waals surface area contributed by atoms with Crippen molar-refractivity contribution in [3.05, 3.63) is 34.9 Å². The summed E-state index contributed by atoms with van der Waals surface area (Å²) >= 11 is 6.18. The molecule has 0 amide bonds. The molecule has 2 atom stereocenters. The quantitative estimate of drug-likeness (QED) is 0.873. The Bertz CT molecular complexity index is 439. The zero-order valence-corrected chi connectivity index (χ0v) is 10.8. The van der Waals surface area contributed by atoms with Crippen molar-refractivity contribution < 1.29 is 9.90 Å². The molecule has 1 fully saturated rings. The number of likely N-dealkylation sites (tertiary alicyclic amines) is 1. The normalized spacial score (nSPS) is 22.0. The summed E-state index contributed by atoms with van der Waals surface area (Å²) in [6, 6.07) is 7.60. The van der Waals surface area contributed by atoms with Gasteiger partial charge in [0.15, 0.2) is 0 Å². The lowest BCUT2D eigenvalue weighted by atomic mass is 10.1. The van der Waals surface area contributed by atoms with E-state index in [0.29, 0.717) is 24.5 Å². The van der Waals surface area contributed by atoms with Gasteiger partial charge in [-0.3, -0.25) is 9.69 Å². The summed E-state index contributed by atoms with van der Waals surface area (Å²) < 4.78 is 0. The zero-order valence-electron chi connectivity index (χ0n) is 10.1. The third kappa shape index (κ3) is 2.66. The van der Waals surface area contributed by atoms with Crippen molar-refractivity contribution in [1.29, 1.82) is 0 Å². The van der Waals surface area contributed by atoms with E-state index in [0.717, 1.165) is 12.1 Å². The van der Waals surface area contributed by atoms with E-state index in [1.54, 1.807) is 0 Å². The molecule has 2 rings (SSSR count). The van der Waals surface area contributed by atoms with Gasteiger partial charge in [0.1, 0.15) is 0 Å². The van der Waals surface area contributed by atoms with Crippen LogP contribution in [0.4, 0.5) is 0 Å². The van der Waals surface area contributed by atoms with Crippen LogP contribution in [0.15, 0.2) is 24.3 Å². The van der Waals surface area contributed by atoms with Gasteiger partial charge in [-0.2, -0.15) is 0 Å². The second-order valence-corrected chi connectivity index (χ2v) is 5.00. The Hall–Kier alpha value is -1.10. The maximum Gasteiger partial charge on any atom is 0.307 e. The highest BCUT2D eigenvalue weighted by Crippen LogP contribution is 2.31. The molecule has 0 saturated carbocycles. The fourth-order valence-electron chi connectivity index (χ4n) is 2.49. The molecule has 0 aliphatic carbocycles. The topological polar surface area (TPSA) is 66.6 Å². The monoisotopic (exact) mass is 268 g/mol. The zero-order chi connectivity index (χ0) is 13.1. The number of hydrogen-bond donors (Lipinski definition) is 2. The molecule has 0 bridgehead atoms. The minimum Gasteiger partial charge on any atom is -0.481 e. The molecule has 1 heterocycles. The lowest BCUT2D eigenvalue weighted by molar-refractivity contribution is -0.141. The first-order valence-corrected chi connectivity index (χ1v) is 6.42. The van der Waals surface area contributed by atoms with Crippen molar-refractivity contribution in [2.75, 3.05) is 19.6 Å². The highest BCUT2D eigenvalue weighted by molar-refractivity contribution is 6.31. The lowest BCUT2D eigenvalue weighted by Crippen LogP contribution is -2.33. The second-order valence-electron chi connectivity index (χ2n) is 4.59. The van der Waals surface area contributed by atoms with Crippen molar-refractivity contribution in [2.24, 2.45) is 11.7 Å². The molecule has 0 aromatic heterocycles. The van der Waals surface area contributed by atoms with E-state index in [9.17, 15) is 4.79 Å². The van der Waals surface area contributed by atoms with Crippen LogP contribution in [0.1, 0.15) is 18.0 Å². The lowest BCUT2D eigenvalue weighted by Gasteiger charge is -2.27. The van der Waals surface area contributed by atoms with Crippen LogP contribution in [0, 0.1) is 5.92 Å². The molecule has 98 valence electrons. The Morgan fingerprint density at radius 2 is 2.28 bits per heavy atom. The Morgan fingerprint density at radius 3 is 2.83 bits per heavy atom. The molecule has 1 saturated heterocycles. The van der Waals surface area contributed by atoms with Gasteiger partial charge in [-0.25, -0.2) is 0 Å².